The van der Waals surface area contributed by atoms with Gasteiger partial charge in [-0.3, -0.25) is 9.48 Å². The predicted octanol–water partition coefficient (Wildman–Crippen LogP) is 0.425. The second kappa shape index (κ2) is 3.30. The Labute approximate surface area is 92.6 Å². The summed E-state index contributed by atoms with van der Waals surface area (Å²) in [5.41, 5.74) is 5.61. The van der Waals surface area contributed by atoms with Crippen LogP contribution in [0.5, 0.6) is 0 Å². The molecule has 1 aromatic heterocycles. The van der Waals surface area contributed by atoms with E-state index >= 15 is 0 Å². The Balaban J connectivity index is 2.08. The van der Waals surface area contributed by atoms with Gasteiger partial charge in [0.15, 0.2) is 0 Å². The molecule has 0 atom stereocenters. The van der Waals surface area contributed by atoms with Crippen molar-refractivity contribution in [1.82, 2.24) is 9.78 Å². The van der Waals surface area contributed by atoms with Crippen molar-refractivity contribution in [3.05, 3.63) is 12.4 Å². The zero-order valence-corrected chi connectivity index (χ0v) is 9.17. The Morgan fingerprint density at radius 3 is 2.80 bits per heavy atom. The maximum Gasteiger partial charge on any atom is 0.237 e. The van der Waals surface area contributed by atoms with Gasteiger partial charge in [0.2, 0.25) is 5.91 Å². The van der Waals surface area contributed by atoms with E-state index in [0.29, 0.717) is 5.69 Å². The second-order valence-corrected chi connectivity index (χ2v) is 4.24. The SMILES string of the molecule is Cn1cc(NC(=O)C2(C(N)=S)CC2)cn1. The Morgan fingerprint density at radius 2 is 2.40 bits per heavy atom. The summed E-state index contributed by atoms with van der Waals surface area (Å²) in [5.74, 6) is -0.122. The van der Waals surface area contributed by atoms with Crippen molar-refractivity contribution in [1.29, 1.82) is 0 Å². The van der Waals surface area contributed by atoms with E-state index in [4.69, 9.17) is 18.0 Å². The number of hydrogen-bond donors (Lipinski definition) is 2. The van der Waals surface area contributed by atoms with E-state index < -0.39 is 5.41 Å². The molecule has 0 aromatic carbocycles. The Kier molecular flexibility index (Phi) is 2.22. The first kappa shape index (κ1) is 10.1. The molecule has 0 unspecified atom stereocenters. The van der Waals surface area contributed by atoms with Gasteiger partial charge in [0.25, 0.3) is 0 Å². The van der Waals surface area contributed by atoms with E-state index in [0.717, 1.165) is 12.8 Å². The standard InChI is InChI=1S/C9H12N4OS/c1-13-5-6(4-11-13)12-8(14)9(2-3-9)7(10)15/h4-5H,2-3H2,1H3,(H2,10,15)(H,12,14). The van der Waals surface area contributed by atoms with Crippen molar-refractivity contribution in [2.24, 2.45) is 18.2 Å². The number of rotatable bonds is 3. The molecule has 6 heteroatoms. The van der Waals surface area contributed by atoms with Crippen LogP contribution < -0.4 is 11.1 Å². The van der Waals surface area contributed by atoms with Crippen molar-refractivity contribution in [3.63, 3.8) is 0 Å². The molecule has 1 heterocycles. The van der Waals surface area contributed by atoms with E-state index in [9.17, 15) is 4.79 Å². The van der Waals surface area contributed by atoms with Crippen molar-refractivity contribution in [2.45, 2.75) is 12.8 Å². The highest BCUT2D eigenvalue weighted by molar-refractivity contribution is 7.80. The van der Waals surface area contributed by atoms with Crippen LogP contribution in [-0.2, 0) is 11.8 Å². The third-order valence-corrected chi connectivity index (χ3v) is 3.01. The number of thiocarbonyl (C=S) groups is 1. The molecule has 1 aromatic rings. The summed E-state index contributed by atoms with van der Waals surface area (Å²) in [6, 6.07) is 0. The van der Waals surface area contributed by atoms with Crippen molar-refractivity contribution < 1.29 is 4.79 Å². The van der Waals surface area contributed by atoms with Crippen LogP contribution in [0, 0.1) is 5.41 Å². The highest BCUT2D eigenvalue weighted by Gasteiger charge is 2.52. The van der Waals surface area contributed by atoms with Gasteiger partial charge < -0.3 is 11.1 Å². The highest BCUT2D eigenvalue weighted by atomic mass is 32.1. The summed E-state index contributed by atoms with van der Waals surface area (Å²) in [6.07, 6.45) is 4.81. The Bertz CT molecular complexity index is 422. The van der Waals surface area contributed by atoms with E-state index in [-0.39, 0.29) is 10.9 Å². The summed E-state index contributed by atoms with van der Waals surface area (Å²) in [5, 5.41) is 6.71. The summed E-state index contributed by atoms with van der Waals surface area (Å²) in [6.45, 7) is 0. The number of nitrogens with two attached hydrogens (primary N) is 1. The van der Waals surface area contributed by atoms with Crippen LogP contribution >= 0.6 is 12.2 Å². The average Bonchev–Trinajstić information content (AvgIpc) is 2.88. The molecule has 0 aliphatic heterocycles. The Morgan fingerprint density at radius 1 is 1.73 bits per heavy atom. The number of nitrogens with one attached hydrogen (secondary N) is 1. The van der Waals surface area contributed by atoms with Gasteiger partial charge >= 0.3 is 0 Å². The smallest absolute Gasteiger partial charge is 0.237 e. The molecule has 3 N–H and O–H groups in total. The number of hydrogen-bond acceptors (Lipinski definition) is 3. The Hall–Kier alpha value is -1.43. The van der Waals surface area contributed by atoms with E-state index in [2.05, 4.69) is 10.4 Å². The van der Waals surface area contributed by atoms with Gasteiger partial charge in [-0.25, -0.2) is 0 Å². The maximum absolute atomic E-state index is 11.8. The van der Waals surface area contributed by atoms with Gasteiger partial charge in [-0.1, -0.05) is 12.2 Å². The van der Waals surface area contributed by atoms with Gasteiger partial charge in [0.05, 0.1) is 22.3 Å². The molecule has 0 bridgehead atoms. The lowest BCUT2D eigenvalue weighted by Gasteiger charge is -2.11. The summed E-state index contributed by atoms with van der Waals surface area (Å²) >= 11 is 4.89. The molecule has 1 fully saturated rings. The van der Waals surface area contributed by atoms with Crippen molar-refractivity contribution in [3.8, 4) is 0 Å². The maximum atomic E-state index is 11.8. The van der Waals surface area contributed by atoms with Crippen LogP contribution in [0.25, 0.3) is 0 Å². The topological polar surface area (TPSA) is 72.9 Å². The minimum atomic E-state index is -0.606. The molecule has 1 aliphatic rings. The normalized spacial score (nSPS) is 17.1. The van der Waals surface area contributed by atoms with Gasteiger partial charge in [-0.15, -0.1) is 0 Å². The second-order valence-electron chi connectivity index (χ2n) is 3.80. The van der Waals surface area contributed by atoms with E-state index in [1.807, 2.05) is 0 Å². The first-order chi connectivity index (χ1) is 7.04. The molecule has 0 radical (unpaired) electrons. The molecule has 1 aliphatic carbocycles. The minimum Gasteiger partial charge on any atom is -0.392 e. The lowest BCUT2D eigenvalue weighted by molar-refractivity contribution is -0.118. The molecule has 0 spiro atoms. The number of carbonyl (C=O) groups is 1. The van der Waals surface area contributed by atoms with Crippen LogP contribution in [0.15, 0.2) is 12.4 Å². The number of aryl methyl sites for hydroxylation is 1. The number of nitrogens with zero attached hydrogens (tertiary/aromatic N) is 2. The van der Waals surface area contributed by atoms with Crippen molar-refractivity contribution >= 4 is 28.8 Å². The predicted molar refractivity (Wildman–Crippen MR) is 60.3 cm³/mol. The molecule has 1 saturated carbocycles. The largest absolute Gasteiger partial charge is 0.392 e. The monoisotopic (exact) mass is 224 g/mol. The fraction of sp³-hybridized carbons (Fsp3) is 0.444. The van der Waals surface area contributed by atoms with Crippen LogP contribution in [0.1, 0.15) is 12.8 Å². The molecular weight excluding hydrogens is 212 g/mol. The lowest BCUT2D eigenvalue weighted by atomic mass is 10.1. The third-order valence-electron chi connectivity index (χ3n) is 2.62. The quantitative estimate of drug-likeness (QED) is 0.730. The fourth-order valence-corrected chi connectivity index (χ4v) is 1.74. The fourth-order valence-electron chi connectivity index (χ4n) is 1.45. The van der Waals surface area contributed by atoms with Crippen molar-refractivity contribution in [2.75, 3.05) is 5.32 Å². The van der Waals surface area contributed by atoms with Crippen LogP contribution in [-0.4, -0.2) is 20.7 Å². The van der Waals surface area contributed by atoms with Crippen LogP contribution in [0.3, 0.4) is 0 Å². The van der Waals surface area contributed by atoms with Crippen LogP contribution in [0.4, 0.5) is 5.69 Å². The zero-order chi connectivity index (χ0) is 11.1. The number of carbonyl (C=O) groups excluding carboxylic acids is 1. The van der Waals surface area contributed by atoms with Gasteiger partial charge in [-0.2, -0.15) is 5.10 Å². The number of anilines is 1. The average molecular weight is 224 g/mol. The third kappa shape index (κ3) is 1.72. The van der Waals surface area contributed by atoms with Gasteiger partial charge in [0.1, 0.15) is 0 Å². The molecule has 5 nitrogen and oxygen atoms in total. The first-order valence-corrected chi connectivity index (χ1v) is 5.05. The van der Waals surface area contributed by atoms with Gasteiger partial charge in [0, 0.05) is 13.2 Å². The molecule has 15 heavy (non-hydrogen) atoms. The molecular formula is C9H12N4OS. The lowest BCUT2D eigenvalue weighted by Crippen LogP contribution is -2.34. The summed E-state index contributed by atoms with van der Waals surface area (Å²) in [7, 11) is 1.79. The van der Waals surface area contributed by atoms with Gasteiger partial charge in [-0.05, 0) is 12.8 Å². The molecule has 2 rings (SSSR count). The number of amides is 1. The highest BCUT2D eigenvalue weighted by Crippen LogP contribution is 2.46. The van der Waals surface area contributed by atoms with Crippen LogP contribution in [0.2, 0.25) is 0 Å². The molecule has 0 saturated heterocycles. The zero-order valence-electron chi connectivity index (χ0n) is 8.36. The molecule has 80 valence electrons. The first-order valence-electron chi connectivity index (χ1n) is 4.64. The van der Waals surface area contributed by atoms with E-state index in [1.54, 1.807) is 24.1 Å². The van der Waals surface area contributed by atoms with E-state index in [1.165, 1.54) is 0 Å². The number of aromatic nitrogens is 2. The summed E-state index contributed by atoms with van der Waals surface area (Å²) < 4.78 is 1.62. The summed E-state index contributed by atoms with van der Waals surface area (Å²) in [4.78, 5) is 12.1. The minimum absolute atomic E-state index is 0.122. The molecule has 1 amide bonds.